The number of para-hydroxylation sites is 1. The van der Waals surface area contributed by atoms with Crippen molar-refractivity contribution in [1.82, 2.24) is 20.4 Å². The molecule has 3 N–H and O–H groups in total. The molecule has 1 aliphatic rings. The number of anilines is 1. The van der Waals surface area contributed by atoms with E-state index in [0.717, 1.165) is 11.3 Å². The lowest BCUT2D eigenvalue weighted by molar-refractivity contribution is 0.102. The minimum atomic E-state index is -0.501. The second kappa shape index (κ2) is 10.3. The van der Waals surface area contributed by atoms with Gasteiger partial charge in [0.1, 0.15) is 11.6 Å². The van der Waals surface area contributed by atoms with Crippen LogP contribution in [-0.4, -0.2) is 35.7 Å². The quantitative estimate of drug-likeness (QED) is 0.370. The minimum absolute atomic E-state index is 0.000531. The number of methoxy groups -OCH3 is 1. The summed E-state index contributed by atoms with van der Waals surface area (Å²) in [7, 11) is 1.61. The van der Waals surface area contributed by atoms with E-state index in [1.165, 1.54) is 17.0 Å². The molecule has 0 atom stereocenters. The predicted octanol–water partition coefficient (Wildman–Crippen LogP) is 3.23. The first-order valence-electron chi connectivity index (χ1n) is 11.7. The Hall–Kier alpha value is -4.08. The zero-order valence-electron chi connectivity index (χ0n) is 19.8. The summed E-state index contributed by atoms with van der Waals surface area (Å²) in [6.45, 7) is 1.63. The van der Waals surface area contributed by atoms with Crippen LogP contribution in [0.25, 0.3) is 10.9 Å². The van der Waals surface area contributed by atoms with E-state index in [0.29, 0.717) is 48.2 Å². The number of nitrogens with zero attached hydrogens (tertiary/aromatic N) is 2. The van der Waals surface area contributed by atoms with Crippen LogP contribution in [0.15, 0.2) is 71.8 Å². The minimum Gasteiger partial charge on any atom is -0.496 e. The van der Waals surface area contributed by atoms with Crippen molar-refractivity contribution in [1.29, 1.82) is 0 Å². The van der Waals surface area contributed by atoms with Gasteiger partial charge in [-0.1, -0.05) is 30.3 Å². The lowest BCUT2D eigenvalue weighted by Gasteiger charge is -2.13. The maximum atomic E-state index is 14.7. The largest absolute Gasteiger partial charge is 0.496 e. The molecule has 3 aromatic carbocycles. The number of benzene rings is 3. The van der Waals surface area contributed by atoms with E-state index in [9.17, 15) is 14.0 Å². The summed E-state index contributed by atoms with van der Waals surface area (Å²) in [4.78, 5) is 30.7. The number of hydrazine groups is 1. The van der Waals surface area contributed by atoms with Gasteiger partial charge in [0.05, 0.1) is 30.0 Å². The van der Waals surface area contributed by atoms with Crippen molar-refractivity contribution in [2.24, 2.45) is 0 Å². The smallest absolute Gasteiger partial charge is 0.263 e. The molecule has 2 heterocycles. The van der Waals surface area contributed by atoms with Gasteiger partial charge in [-0.05, 0) is 47.9 Å². The van der Waals surface area contributed by atoms with E-state index in [1.54, 1.807) is 37.4 Å². The van der Waals surface area contributed by atoms with Gasteiger partial charge in [-0.2, -0.15) is 0 Å². The van der Waals surface area contributed by atoms with Gasteiger partial charge in [-0.3, -0.25) is 25.0 Å². The number of amides is 1. The van der Waals surface area contributed by atoms with Crippen LogP contribution in [0.5, 0.6) is 5.75 Å². The van der Waals surface area contributed by atoms with Gasteiger partial charge in [0.2, 0.25) is 0 Å². The number of aryl methyl sites for hydroxylation is 2. The zero-order valence-corrected chi connectivity index (χ0v) is 19.8. The van der Waals surface area contributed by atoms with Crippen molar-refractivity contribution in [3.05, 3.63) is 99.9 Å². The highest BCUT2D eigenvalue weighted by Gasteiger charge is 2.21. The molecule has 1 fully saturated rings. The zero-order chi connectivity index (χ0) is 25.1. The fourth-order valence-electron chi connectivity index (χ4n) is 4.49. The normalized spacial score (nSPS) is 13.7. The van der Waals surface area contributed by atoms with Crippen LogP contribution in [0.3, 0.4) is 0 Å². The molecule has 1 amide bonds. The third-order valence-electron chi connectivity index (χ3n) is 6.44. The number of carbonyl (C=O) groups excluding carboxylic acids is 1. The summed E-state index contributed by atoms with van der Waals surface area (Å²) in [5, 5.41) is 3.07. The van der Waals surface area contributed by atoms with Crippen molar-refractivity contribution in [3.63, 3.8) is 0 Å². The van der Waals surface area contributed by atoms with Crippen LogP contribution in [0.1, 0.15) is 27.4 Å². The number of rotatable bonds is 7. The Morgan fingerprint density at radius 2 is 1.94 bits per heavy atom. The molecule has 0 saturated carbocycles. The van der Waals surface area contributed by atoms with Crippen molar-refractivity contribution in [3.8, 4) is 5.75 Å². The van der Waals surface area contributed by atoms with Crippen molar-refractivity contribution in [2.45, 2.75) is 18.9 Å². The number of hydrogen-bond donors (Lipinski definition) is 3. The highest BCUT2D eigenvalue weighted by Crippen LogP contribution is 2.24. The second-order valence-corrected chi connectivity index (χ2v) is 8.65. The van der Waals surface area contributed by atoms with Gasteiger partial charge < -0.3 is 10.1 Å². The molecule has 1 saturated heterocycles. The molecule has 5 rings (SSSR count). The van der Waals surface area contributed by atoms with Crippen LogP contribution in [0, 0.1) is 5.82 Å². The van der Waals surface area contributed by atoms with E-state index in [1.807, 2.05) is 24.3 Å². The monoisotopic (exact) mass is 487 g/mol. The lowest BCUT2D eigenvalue weighted by Crippen LogP contribution is -2.23. The van der Waals surface area contributed by atoms with Crippen LogP contribution < -0.4 is 26.5 Å². The summed E-state index contributed by atoms with van der Waals surface area (Å²) in [6.07, 6.45) is 2.08. The Bertz CT molecular complexity index is 1480. The first-order valence-corrected chi connectivity index (χ1v) is 11.7. The molecule has 0 bridgehead atoms. The molecule has 1 aliphatic heterocycles. The van der Waals surface area contributed by atoms with Crippen LogP contribution in [-0.2, 0) is 13.0 Å². The number of carbonyl (C=O) groups is 1. The van der Waals surface area contributed by atoms with Gasteiger partial charge >= 0.3 is 0 Å². The molecular weight excluding hydrogens is 461 g/mol. The second-order valence-electron chi connectivity index (χ2n) is 8.65. The summed E-state index contributed by atoms with van der Waals surface area (Å²) in [6, 6.07) is 17.2. The Kier molecular flexibility index (Phi) is 6.75. The summed E-state index contributed by atoms with van der Waals surface area (Å²) in [5.74, 6) is -0.178. The van der Waals surface area contributed by atoms with E-state index in [4.69, 9.17) is 4.74 Å². The summed E-state index contributed by atoms with van der Waals surface area (Å²) < 4.78 is 21.7. The SMILES string of the molecule is COc1ccccc1CCn1cnc2cccc(NC(=O)c3ccc(C4CNNC4)c(F)c3)c2c1=O. The maximum Gasteiger partial charge on any atom is 0.263 e. The highest BCUT2D eigenvalue weighted by molar-refractivity contribution is 6.08. The number of nitrogens with one attached hydrogen (secondary N) is 3. The van der Waals surface area contributed by atoms with Gasteiger partial charge in [0.25, 0.3) is 11.5 Å². The fraction of sp³-hybridized carbons (Fsp3) is 0.222. The molecule has 4 aromatic rings. The topological polar surface area (TPSA) is 97.3 Å². The van der Waals surface area contributed by atoms with Crippen LogP contribution in [0.2, 0.25) is 0 Å². The number of halogens is 1. The lowest BCUT2D eigenvalue weighted by atomic mass is 9.98. The van der Waals surface area contributed by atoms with Gasteiger partial charge in [0, 0.05) is 31.1 Å². The number of fused-ring (bicyclic) bond motifs is 1. The first kappa shape index (κ1) is 23.7. The predicted molar refractivity (Wildman–Crippen MR) is 136 cm³/mol. The third-order valence-corrected chi connectivity index (χ3v) is 6.44. The van der Waals surface area contributed by atoms with E-state index >= 15 is 0 Å². The Balaban J connectivity index is 1.40. The van der Waals surface area contributed by atoms with Crippen LogP contribution >= 0.6 is 0 Å². The summed E-state index contributed by atoms with van der Waals surface area (Å²) >= 11 is 0. The average Bonchev–Trinajstić information content (AvgIpc) is 3.43. The third kappa shape index (κ3) is 4.71. The molecule has 36 heavy (non-hydrogen) atoms. The first-order chi connectivity index (χ1) is 17.5. The average molecular weight is 488 g/mol. The molecule has 0 radical (unpaired) electrons. The molecule has 0 aliphatic carbocycles. The van der Waals surface area contributed by atoms with Crippen molar-refractivity contribution < 1.29 is 13.9 Å². The molecule has 9 heteroatoms. The standard InChI is InChI=1S/C27H26FN5O3/c1-36-24-8-3-2-5-17(24)11-12-33-16-29-22-6-4-7-23(25(22)27(33)35)32-26(34)18-9-10-20(21(28)13-18)19-14-30-31-15-19/h2-10,13,16,19,30-31H,11-12,14-15H2,1H3,(H,32,34). The van der Waals surface area contributed by atoms with E-state index in [2.05, 4.69) is 21.2 Å². The van der Waals surface area contributed by atoms with E-state index in [-0.39, 0.29) is 17.0 Å². The molecule has 0 unspecified atom stereocenters. The molecule has 8 nitrogen and oxygen atoms in total. The highest BCUT2D eigenvalue weighted by atomic mass is 19.1. The Morgan fingerprint density at radius 3 is 2.72 bits per heavy atom. The van der Waals surface area contributed by atoms with Crippen molar-refractivity contribution in [2.75, 3.05) is 25.5 Å². The maximum absolute atomic E-state index is 14.7. The number of aromatic nitrogens is 2. The van der Waals surface area contributed by atoms with Gasteiger partial charge in [-0.15, -0.1) is 0 Å². The fourth-order valence-corrected chi connectivity index (χ4v) is 4.49. The van der Waals surface area contributed by atoms with Gasteiger partial charge in [-0.25, -0.2) is 9.37 Å². The van der Waals surface area contributed by atoms with E-state index < -0.39 is 11.7 Å². The number of ether oxygens (including phenoxy) is 1. The molecule has 0 spiro atoms. The Labute approximate surface area is 207 Å². The summed E-state index contributed by atoms with van der Waals surface area (Å²) in [5.41, 5.74) is 8.19. The molecule has 184 valence electrons. The van der Waals surface area contributed by atoms with Crippen LogP contribution in [0.4, 0.5) is 10.1 Å². The molecule has 1 aromatic heterocycles. The Morgan fingerprint density at radius 1 is 1.14 bits per heavy atom. The molecular formula is C27H26FN5O3. The van der Waals surface area contributed by atoms with Crippen molar-refractivity contribution >= 4 is 22.5 Å². The number of hydrogen-bond acceptors (Lipinski definition) is 6. The van der Waals surface area contributed by atoms with Gasteiger partial charge in [0.15, 0.2) is 0 Å².